The molecule has 1 aliphatic rings. The molecule has 4 N–H and O–H groups in total. The first-order valence-electron chi connectivity index (χ1n) is 7.93. The summed E-state index contributed by atoms with van der Waals surface area (Å²) in [5.41, 5.74) is 7.04. The van der Waals surface area contributed by atoms with Crippen LogP contribution in [0.2, 0.25) is 0 Å². The Kier molecular flexibility index (Phi) is 7.52. The highest BCUT2D eigenvalue weighted by Gasteiger charge is 2.27. The topological polar surface area (TPSA) is 84.2 Å². The molecule has 0 heterocycles. The molecule has 2 amide bonds. The van der Waals surface area contributed by atoms with E-state index in [1.807, 2.05) is 13.8 Å². The van der Waals surface area contributed by atoms with Crippen molar-refractivity contribution in [3.05, 3.63) is 29.8 Å². The average Bonchev–Trinajstić information content (AvgIpc) is 2.95. The van der Waals surface area contributed by atoms with Gasteiger partial charge in [-0.05, 0) is 49.6 Å². The van der Waals surface area contributed by atoms with E-state index < -0.39 is 0 Å². The summed E-state index contributed by atoms with van der Waals surface area (Å²) in [5, 5.41) is 5.88. The Labute approximate surface area is 143 Å². The van der Waals surface area contributed by atoms with Crippen molar-refractivity contribution in [2.45, 2.75) is 39.2 Å². The van der Waals surface area contributed by atoms with Crippen LogP contribution in [-0.4, -0.2) is 24.4 Å². The van der Waals surface area contributed by atoms with Gasteiger partial charge in [0.15, 0.2) is 0 Å². The Bertz CT molecular complexity index is 531. The molecular formula is C17H26ClN3O2. The summed E-state index contributed by atoms with van der Waals surface area (Å²) in [7, 11) is 0. The minimum Gasteiger partial charge on any atom is -0.349 e. The molecule has 0 spiro atoms. The number of hydrogen-bond acceptors (Lipinski definition) is 3. The third-order valence-electron chi connectivity index (χ3n) is 4.22. The van der Waals surface area contributed by atoms with Crippen molar-refractivity contribution < 1.29 is 9.59 Å². The van der Waals surface area contributed by atoms with E-state index in [-0.39, 0.29) is 36.2 Å². The highest BCUT2D eigenvalue weighted by Crippen LogP contribution is 2.25. The summed E-state index contributed by atoms with van der Waals surface area (Å²) in [5.74, 6) is 0.202. The molecule has 128 valence electrons. The van der Waals surface area contributed by atoms with E-state index in [1.54, 1.807) is 24.3 Å². The van der Waals surface area contributed by atoms with Crippen molar-refractivity contribution in [3.8, 4) is 0 Å². The second kappa shape index (κ2) is 8.89. The zero-order chi connectivity index (χ0) is 16.1. The van der Waals surface area contributed by atoms with Crippen LogP contribution < -0.4 is 16.4 Å². The molecule has 2 rings (SSSR count). The van der Waals surface area contributed by atoms with E-state index >= 15 is 0 Å². The maximum absolute atomic E-state index is 12.3. The summed E-state index contributed by atoms with van der Waals surface area (Å²) in [6.45, 7) is 4.30. The number of nitrogens with two attached hydrogens (primary N) is 1. The average molecular weight is 340 g/mol. The van der Waals surface area contributed by atoms with Crippen LogP contribution in [0, 0.1) is 11.8 Å². The van der Waals surface area contributed by atoms with Gasteiger partial charge in [0.25, 0.3) is 5.91 Å². The van der Waals surface area contributed by atoms with Crippen molar-refractivity contribution in [1.82, 2.24) is 5.32 Å². The number of carbonyl (C=O) groups is 2. The molecule has 0 aliphatic heterocycles. The molecule has 5 nitrogen and oxygen atoms in total. The van der Waals surface area contributed by atoms with E-state index in [2.05, 4.69) is 10.6 Å². The standard InChI is InChI=1S/C17H25N3O2.ClH/c1-11(2)16(21)19-14-8-6-12(7-9-14)17(22)20-15-5-3-4-13(15)10-18;/h6-9,11,13,15H,3-5,10,18H2,1-2H3,(H,19,21)(H,20,22);1H. The lowest BCUT2D eigenvalue weighted by molar-refractivity contribution is -0.118. The lowest BCUT2D eigenvalue weighted by atomic mass is 10.0. The molecule has 0 radical (unpaired) electrons. The molecule has 1 saturated carbocycles. The van der Waals surface area contributed by atoms with Gasteiger partial charge >= 0.3 is 0 Å². The number of nitrogens with one attached hydrogen (secondary N) is 2. The molecular weight excluding hydrogens is 314 g/mol. The van der Waals surface area contributed by atoms with Crippen LogP contribution >= 0.6 is 12.4 Å². The molecule has 0 aromatic heterocycles. The molecule has 2 unspecified atom stereocenters. The quantitative estimate of drug-likeness (QED) is 0.770. The second-order valence-electron chi connectivity index (χ2n) is 6.23. The van der Waals surface area contributed by atoms with Crippen LogP contribution in [0.4, 0.5) is 5.69 Å². The third-order valence-corrected chi connectivity index (χ3v) is 4.22. The number of amides is 2. The molecule has 0 bridgehead atoms. The molecule has 1 fully saturated rings. The molecule has 1 aliphatic carbocycles. The number of carbonyl (C=O) groups excluding carboxylic acids is 2. The van der Waals surface area contributed by atoms with Crippen molar-refractivity contribution in [3.63, 3.8) is 0 Å². The zero-order valence-corrected chi connectivity index (χ0v) is 14.5. The van der Waals surface area contributed by atoms with Crippen LogP contribution in [0.5, 0.6) is 0 Å². The highest BCUT2D eigenvalue weighted by atomic mass is 35.5. The van der Waals surface area contributed by atoms with Crippen LogP contribution in [0.25, 0.3) is 0 Å². The first kappa shape index (κ1) is 19.5. The van der Waals surface area contributed by atoms with E-state index in [0.717, 1.165) is 19.3 Å². The van der Waals surface area contributed by atoms with Gasteiger partial charge in [0.05, 0.1) is 0 Å². The molecule has 0 saturated heterocycles. The van der Waals surface area contributed by atoms with Gasteiger partial charge in [-0.1, -0.05) is 20.3 Å². The summed E-state index contributed by atoms with van der Waals surface area (Å²) in [6, 6.07) is 7.15. The second-order valence-corrected chi connectivity index (χ2v) is 6.23. The molecule has 6 heteroatoms. The van der Waals surface area contributed by atoms with Gasteiger partial charge in [0.2, 0.25) is 5.91 Å². The molecule has 2 atom stereocenters. The van der Waals surface area contributed by atoms with Gasteiger partial charge in [0, 0.05) is 23.2 Å². The molecule has 23 heavy (non-hydrogen) atoms. The third kappa shape index (κ3) is 5.22. The number of halogens is 1. The van der Waals surface area contributed by atoms with Crippen molar-refractivity contribution >= 4 is 29.9 Å². The smallest absolute Gasteiger partial charge is 0.251 e. The first-order valence-corrected chi connectivity index (χ1v) is 7.93. The number of rotatable bonds is 5. The summed E-state index contributed by atoms with van der Waals surface area (Å²) < 4.78 is 0. The van der Waals surface area contributed by atoms with Crippen LogP contribution in [0.3, 0.4) is 0 Å². The van der Waals surface area contributed by atoms with E-state index in [0.29, 0.717) is 23.7 Å². The number of benzene rings is 1. The lowest BCUT2D eigenvalue weighted by Gasteiger charge is -2.19. The van der Waals surface area contributed by atoms with E-state index in [4.69, 9.17) is 5.73 Å². The monoisotopic (exact) mass is 339 g/mol. The summed E-state index contributed by atoms with van der Waals surface area (Å²) in [4.78, 5) is 23.9. The van der Waals surface area contributed by atoms with Gasteiger partial charge in [-0.2, -0.15) is 0 Å². The van der Waals surface area contributed by atoms with E-state index in [9.17, 15) is 9.59 Å². The predicted molar refractivity (Wildman–Crippen MR) is 94.8 cm³/mol. The lowest BCUT2D eigenvalue weighted by Crippen LogP contribution is -2.39. The van der Waals surface area contributed by atoms with Gasteiger partial charge in [0.1, 0.15) is 0 Å². The SMILES string of the molecule is CC(C)C(=O)Nc1ccc(C(=O)NC2CCCC2CN)cc1.Cl. The molecule has 1 aromatic rings. The fourth-order valence-corrected chi connectivity index (χ4v) is 2.75. The van der Waals surface area contributed by atoms with E-state index in [1.165, 1.54) is 0 Å². The largest absolute Gasteiger partial charge is 0.349 e. The Balaban J connectivity index is 0.00000264. The van der Waals surface area contributed by atoms with Gasteiger partial charge in [-0.3, -0.25) is 9.59 Å². The maximum atomic E-state index is 12.3. The minimum absolute atomic E-state index is 0. The van der Waals surface area contributed by atoms with Crippen molar-refractivity contribution in [2.75, 3.05) is 11.9 Å². The van der Waals surface area contributed by atoms with Crippen molar-refractivity contribution in [2.24, 2.45) is 17.6 Å². The zero-order valence-electron chi connectivity index (χ0n) is 13.7. The highest BCUT2D eigenvalue weighted by molar-refractivity contribution is 5.96. The van der Waals surface area contributed by atoms with Crippen molar-refractivity contribution in [1.29, 1.82) is 0 Å². The Morgan fingerprint density at radius 1 is 1.22 bits per heavy atom. The predicted octanol–water partition coefficient (Wildman–Crippen LogP) is 2.56. The normalized spacial score (nSPS) is 20.0. The van der Waals surface area contributed by atoms with Crippen LogP contribution in [0.1, 0.15) is 43.5 Å². The number of hydrogen-bond donors (Lipinski definition) is 3. The summed E-state index contributed by atoms with van der Waals surface area (Å²) in [6.07, 6.45) is 3.20. The minimum atomic E-state index is -0.0768. The van der Waals surface area contributed by atoms with Gasteiger partial charge in [-0.15, -0.1) is 12.4 Å². The van der Waals surface area contributed by atoms with Gasteiger partial charge < -0.3 is 16.4 Å². The van der Waals surface area contributed by atoms with Gasteiger partial charge in [-0.25, -0.2) is 0 Å². The summed E-state index contributed by atoms with van der Waals surface area (Å²) >= 11 is 0. The first-order chi connectivity index (χ1) is 10.5. The Hall–Kier alpha value is -1.59. The fraction of sp³-hybridized carbons (Fsp3) is 0.529. The number of anilines is 1. The maximum Gasteiger partial charge on any atom is 0.251 e. The van der Waals surface area contributed by atoms with Crippen LogP contribution in [0.15, 0.2) is 24.3 Å². The van der Waals surface area contributed by atoms with Crippen LogP contribution in [-0.2, 0) is 4.79 Å². The fourth-order valence-electron chi connectivity index (χ4n) is 2.75. The Morgan fingerprint density at radius 3 is 2.43 bits per heavy atom. The molecule has 1 aromatic carbocycles. The Morgan fingerprint density at radius 2 is 1.87 bits per heavy atom.